The summed E-state index contributed by atoms with van der Waals surface area (Å²) in [4.78, 5) is 10.2. The van der Waals surface area contributed by atoms with E-state index in [0.717, 1.165) is 6.42 Å². The first-order valence-corrected chi connectivity index (χ1v) is 2.55. The lowest BCUT2D eigenvalue weighted by Crippen LogP contribution is -2.30. The second kappa shape index (κ2) is 2.00. The van der Waals surface area contributed by atoms with Crippen LogP contribution in [0.4, 0.5) is 4.79 Å². The highest BCUT2D eigenvalue weighted by Crippen LogP contribution is 1.96. The molecule has 1 amide bonds. The van der Waals surface area contributed by atoms with E-state index < -0.39 is 6.09 Å². The second-order valence-corrected chi connectivity index (χ2v) is 1.57. The third-order valence-electron chi connectivity index (χ3n) is 0.955. The fourth-order valence-corrected chi connectivity index (χ4v) is 0.513. The molecule has 1 heterocycles. The SMILES string of the molecule is CCC1NNC(=O)O1. The maximum Gasteiger partial charge on any atom is 0.423 e. The quantitative estimate of drug-likeness (QED) is 0.505. The summed E-state index contributed by atoms with van der Waals surface area (Å²) in [6.45, 7) is 1.93. The van der Waals surface area contributed by atoms with Crippen molar-refractivity contribution < 1.29 is 9.53 Å². The van der Waals surface area contributed by atoms with Crippen LogP contribution in [-0.2, 0) is 4.74 Å². The fraction of sp³-hybridized carbons (Fsp3) is 0.750. The van der Waals surface area contributed by atoms with Crippen molar-refractivity contribution in [3.8, 4) is 0 Å². The van der Waals surface area contributed by atoms with E-state index in [9.17, 15) is 4.79 Å². The predicted molar refractivity (Wildman–Crippen MR) is 26.8 cm³/mol. The molecule has 0 aliphatic carbocycles. The van der Waals surface area contributed by atoms with Gasteiger partial charge in [0, 0.05) is 0 Å². The van der Waals surface area contributed by atoms with Gasteiger partial charge in [0.1, 0.15) is 0 Å². The molecule has 0 aromatic carbocycles. The number of carbonyl (C=O) groups excluding carboxylic acids is 1. The van der Waals surface area contributed by atoms with Crippen molar-refractivity contribution in [1.82, 2.24) is 10.9 Å². The minimum Gasteiger partial charge on any atom is -0.428 e. The fourth-order valence-electron chi connectivity index (χ4n) is 0.513. The number of hydrogen-bond donors (Lipinski definition) is 2. The van der Waals surface area contributed by atoms with Gasteiger partial charge in [0.25, 0.3) is 0 Å². The summed E-state index contributed by atoms with van der Waals surface area (Å²) in [5.74, 6) is 0. The Balaban J connectivity index is 2.32. The molecule has 2 N–H and O–H groups in total. The molecule has 4 nitrogen and oxygen atoms in total. The number of hydrazine groups is 1. The molecule has 1 saturated heterocycles. The predicted octanol–water partition coefficient (Wildman–Crippen LogP) is -0.0331. The van der Waals surface area contributed by atoms with Gasteiger partial charge in [-0.25, -0.2) is 4.79 Å². The van der Waals surface area contributed by atoms with Gasteiger partial charge in [-0.1, -0.05) is 6.92 Å². The first-order chi connectivity index (χ1) is 3.83. The van der Waals surface area contributed by atoms with Crippen molar-refractivity contribution in [3.63, 3.8) is 0 Å². The zero-order chi connectivity index (χ0) is 5.98. The number of nitrogens with one attached hydrogen (secondary N) is 2. The zero-order valence-corrected chi connectivity index (χ0v) is 4.60. The van der Waals surface area contributed by atoms with Crippen LogP contribution in [0.15, 0.2) is 0 Å². The van der Waals surface area contributed by atoms with Crippen LogP contribution in [0, 0.1) is 0 Å². The number of rotatable bonds is 1. The van der Waals surface area contributed by atoms with Crippen LogP contribution in [0.1, 0.15) is 13.3 Å². The highest BCUT2D eigenvalue weighted by molar-refractivity contribution is 5.68. The number of amides is 1. The Morgan fingerprint density at radius 3 is 2.88 bits per heavy atom. The van der Waals surface area contributed by atoms with Crippen LogP contribution >= 0.6 is 0 Å². The molecule has 0 aromatic rings. The van der Waals surface area contributed by atoms with Crippen molar-refractivity contribution in [2.24, 2.45) is 0 Å². The highest BCUT2D eigenvalue weighted by Gasteiger charge is 2.18. The van der Waals surface area contributed by atoms with Gasteiger partial charge in [0.2, 0.25) is 0 Å². The van der Waals surface area contributed by atoms with E-state index in [0.29, 0.717) is 0 Å². The molecule has 0 saturated carbocycles. The molecule has 4 heteroatoms. The number of cyclic esters (lactones) is 1. The first kappa shape index (κ1) is 5.37. The van der Waals surface area contributed by atoms with E-state index >= 15 is 0 Å². The normalized spacial score (nSPS) is 27.1. The zero-order valence-electron chi connectivity index (χ0n) is 4.60. The molecule has 1 unspecified atom stereocenters. The number of hydrogen-bond acceptors (Lipinski definition) is 3. The Kier molecular flexibility index (Phi) is 1.34. The third-order valence-corrected chi connectivity index (χ3v) is 0.955. The van der Waals surface area contributed by atoms with E-state index in [2.05, 4.69) is 15.6 Å². The van der Waals surface area contributed by atoms with Crippen molar-refractivity contribution in [3.05, 3.63) is 0 Å². The van der Waals surface area contributed by atoms with Gasteiger partial charge in [0.15, 0.2) is 6.23 Å². The smallest absolute Gasteiger partial charge is 0.423 e. The summed E-state index contributed by atoms with van der Waals surface area (Å²) >= 11 is 0. The Bertz CT molecular complexity index is 104. The van der Waals surface area contributed by atoms with Crippen molar-refractivity contribution in [1.29, 1.82) is 0 Å². The monoisotopic (exact) mass is 116 g/mol. The van der Waals surface area contributed by atoms with E-state index in [-0.39, 0.29) is 6.23 Å². The van der Waals surface area contributed by atoms with Crippen LogP contribution in [0.3, 0.4) is 0 Å². The molecule has 1 aliphatic heterocycles. The minimum absolute atomic E-state index is 0.137. The first-order valence-electron chi connectivity index (χ1n) is 2.55. The molecule has 8 heavy (non-hydrogen) atoms. The molecular weight excluding hydrogens is 108 g/mol. The third kappa shape index (κ3) is 0.894. The minimum atomic E-state index is -0.392. The Morgan fingerprint density at radius 1 is 1.88 bits per heavy atom. The van der Waals surface area contributed by atoms with Gasteiger partial charge in [-0.15, -0.1) is 0 Å². The molecule has 1 rings (SSSR count). The molecule has 0 radical (unpaired) electrons. The summed E-state index contributed by atoms with van der Waals surface area (Å²) in [6, 6.07) is 0. The summed E-state index contributed by atoms with van der Waals surface area (Å²) in [6.07, 6.45) is 0.262. The lowest BCUT2D eigenvalue weighted by atomic mass is 10.4. The van der Waals surface area contributed by atoms with E-state index in [1.165, 1.54) is 0 Å². The maximum absolute atomic E-state index is 10.2. The molecule has 1 aliphatic rings. The van der Waals surface area contributed by atoms with Crippen LogP contribution in [0.2, 0.25) is 0 Å². The van der Waals surface area contributed by atoms with E-state index in [4.69, 9.17) is 0 Å². The van der Waals surface area contributed by atoms with Crippen LogP contribution in [0.25, 0.3) is 0 Å². The lowest BCUT2D eigenvalue weighted by molar-refractivity contribution is 0.127. The molecule has 46 valence electrons. The number of ether oxygens (including phenoxy) is 1. The van der Waals surface area contributed by atoms with Crippen LogP contribution in [0.5, 0.6) is 0 Å². The molecular formula is C4H8N2O2. The summed E-state index contributed by atoms with van der Waals surface area (Å²) in [5, 5.41) is 0. The summed E-state index contributed by atoms with van der Waals surface area (Å²) < 4.78 is 4.65. The Morgan fingerprint density at radius 2 is 2.62 bits per heavy atom. The van der Waals surface area contributed by atoms with Gasteiger partial charge >= 0.3 is 6.09 Å². The summed E-state index contributed by atoms with van der Waals surface area (Å²) in [7, 11) is 0. The van der Waals surface area contributed by atoms with E-state index in [1.54, 1.807) is 0 Å². The standard InChI is InChI=1S/C4H8N2O2/c1-2-3-5-6-4(7)8-3/h3,5H,2H2,1H3,(H,6,7). The average Bonchev–Trinajstić information content (AvgIpc) is 2.14. The van der Waals surface area contributed by atoms with Gasteiger partial charge in [-0.05, 0) is 6.42 Å². The van der Waals surface area contributed by atoms with Crippen LogP contribution in [-0.4, -0.2) is 12.3 Å². The van der Waals surface area contributed by atoms with Crippen molar-refractivity contribution in [2.75, 3.05) is 0 Å². The lowest BCUT2D eigenvalue weighted by Gasteiger charge is -2.00. The molecule has 1 atom stereocenters. The average molecular weight is 116 g/mol. The van der Waals surface area contributed by atoms with Gasteiger partial charge in [-0.3, -0.25) is 5.43 Å². The Labute approximate surface area is 47.2 Å². The summed E-state index contributed by atoms with van der Waals surface area (Å²) in [5.41, 5.74) is 4.94. The van der Waals surface area contributed by atoms with Gasteiger partial charge < -0.3 is 4.74 Å². The van der Waals surface area contributed by atoms with Crippen molar-refractivity contribution in [2.45, 2.75) is 19.6 Å². The number of carbonyl (C=O) groups is 1. The van der Waals surface area contributed by atoms with Crippen LogP contribution < -0.4 is 10.9 Å². The van der Waals surface area contributed by atoms with Gasteiger partial charge in [0.05, 0.1) is 0 Å². The largest absolute Gasteiger partial charge is 0.428 e. The highest BCUT2D eigenvalue weighted by atomic mass is 16.6. The molecule has 0 spiro atoms. The molecule has 1 fully saturated rings. The van der Waals surface area contributed by atoms with Crippen molar-refractivity contribution >= 4 is 6.09 Å². The second-order valence-electron chi connectivity index (χ2n) is 1.57. The molecule has 0 bridgehead atoms. The van der Waals surface area contributed by atoms with E-state index in [1.807, 2.05) is 6.92 Å². The Hall–Kier alpha value is -0.770. The maximum atomic E-state index is 10.2. The van der Waals surface area contributed by atoms with Gasteiger partial charge in [-0.2, -0.15) is 5.43 Å². The molecule has 0 aromatic heterocycles. The topological polar surface area (TPSA) is 50.4 Å².